The number of carboxylic acid groups (broad SMARTS) is 1. The van der Waals surface area contributed by atoms with Gasteiger partial charge in [-0.3, -0.25) is 9.59 Å². The second-order valence-electron chi connectivity index (χ2n) is 4.59. The second kappa shape index (κ2) is 12.4. The summed E-state index contributed by atoms with van der Waals surface area (Å²) in [6.45, 7) is 2.67. The number of hydrogen-bond acceptors (Lipinski definition) is 3. The van der Waals surface area contributed by atoms with Gasteiger partial charge in [0.1, 0.15) is 0 Å². The minimum Gasteiger partial charge on any atom is -0.481 e. The zero-order valence-corrected chi connectivity index (χ0v) is 11.5. The maximum Gasteiger partial charge on any atom is 0.305 e. The predicted molar refractivity (Wildman–Crippen MR) is 70.4 cm³/mol. The average molecular weight is 258 g/mol. The summed E-state index contributed by atoms with van der Waals surface area (Å²) in [6.07, 6.45) is 8.96. The van der Waals surface area contributed by atoms with Crippen LogP contribution in [0, 0.1) is 0 Å². The Labute approximate surface area is 110 Å². The van der Waals surface area contributed by atoms with Crippen molar-refractivity contribution in [1.29, 1.82) is 0 Å². The minimum absolute atomic E-state index is 0.0343. The van der Waals surface area contributed by atoms with E-state index >= 15 is 0 Å². The number of carbonyl (C=O) groups excluding carboxylic acids is 1. The number of carboxylic acids is 1. The number of rotatable bonds is 12. The number of esters is 1. The fourth-order valence-corrected chi connectivity index (χ4v) is 1.70. The first-order valence-corrected chi connectivity index (χ1v) is 7.04. The van der Waals surface area contributed by atoms with Crippen molar-refractivity contribution in [2.75, 3.05) is 6.61 Å². The third-order valence-electron chi connectivity index (χ3n) is 2.78. The van der Waals surface area contributed by atoms with Crippen LogP contribution in [0.4, 0.5) is 0 Å². The van der Waals surface area contributed by atoms with Crippen LogP contribution in [0.5, 0.6) is 0 Å². The lowest BCUT2D eigenvalue weighted by Crippen LogP contribution is -2.06. The zero-order valence-electron chi connectivity index (χ0n) is 11.5. The van der Waals surface area contributed by atoms with E-state index in [0.717, 1.165) is 12.8 Å². The van der Waals surface area contributed by atoms with E-state index in [9.17, 15) is 9.59 Å². The van der Waals surface area contributed by atoms with Gasteiger partial charge >= 0.3 is 11.9 Å². The van der Waals surface area contributed by atoms with Gasteiger partial charge in [0.2, 0.25) is 0 Å². The van der Waals surface area contributed by atoms with Crippen molar-refractivity contribution in [1.82, 2.24) is 0 Å². The Morgan fingerprint density at radius 3 is 2.11 bits per heavy atom. The van der Waals surface area contributed by atoms with E-state index in [1.54, 1.807) is 0 Å². The van der Waals surface area contributed by atoms with Crippen molar-refractivity contribution in [2.24, 2.45) is 0 Å². The first-order valence-electron chi connectivity index (χ1n) is 7.04. The topological polar surface area (TPSA) is 63.6 Å². The van der Waals surface area contributed by atoms with Crippen molar-refractivity contribution in [2.45, 2.75) is 71.1 Å². The van der Waals surface area contributed by atoms with Gasteiger partial charge < -0.3 is 9.84 Å². The number of hydrogen-bond donors (Lipinski definition) is 1. The number of unbranched alkanes of at least 4 members (excludes halogenated alkanes) is 6. The van der Waals surface area contributed by atoms with Gasteiger partial charge in [0.15, 0.2) is 0 Å². The molecule has 0 aromatic rings. The van der Waals surface area contributed by atoms with Gasteiger partial charge in [-0.25, -0.2) is 0 Å². The normalized spacial score (nSPS) is 10.3. The number of carbonyl (C=O) groups is 2. The third-order valence-corrected chi connectivity index (χ3v) is 2.78. The predicted octanol–water partition coefficient (Wildman–Crippen LogP) is 3.54. The van der Waals surface area contributed by atoms with Gasteiger partial charge in [-0.05, 0) is 12.8 Å². The van der Waals surface area contributed by atoms with Crippen molar-refractivity contribution in [3.63, 3.8) is 0 Å². The molecule has 0 aromatic carbocycles. The SMILES string of the molecule is CCCCCCCCCOC(=O)CCCC(=O)O. The van der Waals surface area contributed by atoms with Crippen LogP contribution in [0.2, 0.25) is 0 Å². The Balaban J connectivity index is 3.17. The Bertz CT molecular complexity index is 226. The zero-order chi connectivity index (χ0) is 13.6. The van der Waals surface area contributed by atoms with Crippen LogP contribution in [0.15, 0.2) is 0 Å². The average Bonchev–Trinajstić information content (AvgIpc) is 2.32. The molecule has 4 heteroatoms. The lowest BCUT2D eigenvalue weighted by atomic mass is 10.1. The molecular weight excluding hydrogens is 232 g/mol. The molecule has 0 heterocycles. The summed E-state index contributed by atoms with van der Waals surface area (Å²) < 4.78 is 5.02. The molecule has 0 rings (SSSR count). The van der Waals surface area contributed by atoms with Crippen LogP contribution in [-0.2, 0) is 14.3 Å². The summed E-state index contributed by atoms with van der Waals surface area (Å²) in [7, 11) is 0. The molecule has 0 aliphatic heterocycles. The lowest BCUT2D eigenvalue weighted by molar-refractivity contribution is -0.144. The van der Waals surface area contributed by atoms with E-state index < -0.39 is 5.97 Å². The van der Waals surface area contributed by atoms with Crippen LogP contribution in [0.25, 0.3) is 0 Å². The molecule has 0 saturated heterocycles. The van der Waals surface area contributed by atoms with Gasteiger partial charge in [-0.15, -0.1) is 0 Å². The molecule has 0 atom stereocenters. The third kappa shape index (κ3) is 13.0. The Kier molecular flexibility index (Phi) is 11.7. The molecule has 0 radical (unpaired) electrons. The van der Waals surface area contributed by atoms with Gasteiger partial charge in [-0.1, -0.05) is 45.4 Å². The highest BCUT2D eigenvalue weighted by molar-refractivity contribution is 5.71. The largest absolute Gasteiger partial charge is 0.481 e. The van der Waals surface area contributed by atoms with Crippen LogP contribution in [0.1, 0.15) is 71.1 Å². The van der Waals surface area contributed by atoms with Crippen molar-refractivity contribution in [3.8, 4) is 0 Å². The second-order valence-corrected chi connectivity index (χ2v) is 4.59. The maximum absolute atomic E-state index is 11.2. The standard InChI is InChI=1S/C14H26O4/c1-2-3-4-5-6-7-8-12-18-14(17)11-9-10-13(15)16/h2-12H2,1H3,(H,15,16). The van der Waals surface area contributed by atoms with Crippen LogP contribution in [0.3, 0.4) is 0 Å². The van der Waals surface area contributed by atoms with E-state index in [-0.39, 0.29) is 18.8 Å². The van der Waals surface area contributed by atoms with Gasteiger partial charge in [0.05, 0.1) is 6.61 Å². The Morgan fingerprint density at radius 1 is 0.889 bits per heavy atom. The van der Waals surface area contributed by atoms with E-state index in [1.165, 1.54) is 32.1 Å². The quantitative estimate of drug-likeness (QED) is 0.429. The molecule has 1 N–H and O–H groups in total. The molecule has 0 fully saturated rings. The van der Waals surface area contributed by atoms with E-state index in [1.807, 2.05) is 0 Å². The smallest absolute Gasteiger partial charge is 0.305 e. The Hall–Kier alpha value is -1.06. The molecule has 0 aliphatic carbocycles. The molecule has 4 nitrogen and oxygen atoms in total. The molecule has 0 aliphatic rings. The first-order chi connectivity index (χ1) is 8.66. The van der Waals surface area contributed by atoms with E-state index in [4.69, 9.17) is 9.84 Å². The Morgan fingerprint density at radius 2 is 1.50 bits per heavy atom. The monoisotopic (exact) mass is 258 g/mol. The first kappa shape index (κ1) is 16.9. The lowest BCUT2D eigenvalue weighted by Gasteiger charge is -2.04. The molecular formula is C14H26O4. The highest BCUT2D eigenvalue weighted by Gasteiger charge is 2.04. The number of ether oxygens (including phenoxy) is 1. The molecule has 0 spiro atoms. The number of aliphatic carboxylic acids is 1. The van der Waals surface area contributed by atoms with Gasteiger partial charge in [0.25, 0.3) is 0 Å². The van der Waals surface area contributed by atoms with Gasteiger partial charge in [-0.2, -0.15) is 0 Å². The molecule has 106 valence electrons. The highest BCUT2D eigenvalue weighted by atomic mass is 16.5. The highest BCUT2D eigenvalue weighted by Crippen LogP contribution is 2.07. The van der Waals surface area contributed by atoms with Crippen LogP contribution in [-0.4, -0.2) is 23.7 Å². The van der Waals surface area contributed by atoms with Gasteiger partial charge in [0, 0.05) is 12.8 Å². The summed E-state index contributed by atoms with van der Waals surface area (Å²) in [4.78, 5) is 21.4. The van der Waals surface area contributed by atoms with E-state index in [2.05, 4.69) is 6.92 Å². The van der Waals surface area contributed by atoms with Crippen molar-refractivity contribution < 1.29 is 19.4 Å². The minimum atomic E-state index is -0.866. The van der Waals surface area contributed by atoms with Crippen molar-refractivity contribution >= 4 is 11.9 Å². The summed E-state index contributed by atoms with van der Waals surface area (Å²) in [5.74, 6) is -1.14. The summed E-state index contributed by atoms with van der Waals surface area (Å²) >= 11 is 0. The fourth-order valence-electron chi connectivity index (χ4n) is 1.70. The molecule has 18 heavy (non-hydrogen) atoms. The fraction of sp³-hybridized carbons (Fsp3) is 0.857. The molecule has 0 amide bonds. The maximum atomic E-state index is 11.2. The summed E-state index contributed by atoms with van der Waals surface area (Å²) in [5, 5.41) is 8.41. The summed E-state index contributed by atoms with van der Waals surface area (Å²) in [5.41, 5.74) is 0. The molecule has 0 saturated carbocycles. The molecule has 0 aromatic heterocycles. The van der Waals surface area contributed by atoms with E-state index in [0.29, 0.717) is 13.0 Å². The molecule has 0 bridgehead atoms. The molecule has 0 unspecified atom stereocenters. The summed E-state index contributed by atoms with van der Waals surface area (Å²) in [6, 6.07) is 0. The van der Waals surface area contributed by atoms with Crippen LogP contribution >= 0.6 is 0 Å². The van der Waals surface area contributed by atoms with Crippen LogP contribution < -0.4 is 0 Å². The van der Waals surface area contributed by atoms with Crippen molar-refractivity contribution in [3.05, 3.63) is 0 Å².